The molecule has 2 aliphatic heterocycles. The number of rotatable bonds is 11. The first kappa shape index (κ1) is 27.8. The van der Waals surface area contributed by atoms with Crippen molar-refractivity contribution in [2.45, 2.75) is 30.7 Å². The lowest BCUT2D eigenvalue weighted by Crippen LogP contribution is -2.43. The van der Waals surface area contributed by atoms with Crippen LogP contribution in [0.4, 0.5) is 5.13 Å². The Hall–Kier alpha value is -2.22. The first-order chi connectivity index (χ1) is 17.8. The number of carbonyl (C=O) groups is 1. The molecule has 10 nitrogen and oxygen atoms in total. The predicted molar refractivity (Wildman–Crippen MR) is 148 cm³/mol. The number of nitrogens with one attached hydrogen (secondary N) is 1. The summed E-state index contributed by atoms with van der Waals surface area (Å²) in [4.78, 5) is 23.9. The van der Waals surface area contributed by atoms with Crippen molar-refractivity contribution < 1.29 is 18.3 Å². The number of anilines is 1. The van der Waals surface area contributed by atoms with Gasteiger partial charge in [-0.25, -0.2) is 4.98 Å². The third kappa shape index (κ3) is 7.88. The van der Waals surface area contributed by atoms with Gasteiger partial charge in [0.15, 0.2) is 15.7 Å². The van der Waals surface area contributed by atoms with Crippen molar-refractivity contribution >= 4 is 38.3 Å². The molecule has 37 heavy (non-hydrogen) atoms. The Morgan fingerprint density at radius 2 is 1.86 bits per heavy atom. The van der Waals surface area contributed by atoms with Gasteiger partial charge in [0.1, 0.15) is 5.75 Å². The normalized spacial score (nSPS) is 19.2. The number of likely N-dealkylation sites (N-methyl/N-ethyl adjacent to an activating group) is 1. The van der Waals surface area contributed by atoms with E-state index >= 15 is 0 Å². The molecule has 0 saturated carbocycles. The fourth-order valence-corrected chi connectivity index (χ4v) is 6.50. The van der Waals surface area contributed by atoms with Gasteiger partial charge in [-0.1, -0.05) is 4.21 Å². The molecule has 0 radical (unpaired) electrons. The minimum atomic E-state index is -3.17. The summed E-state index contributed by atoms with van der Waals surface area (Å²) in [6, 6.07) is 6.59. The Morgan fingerprint density at radius 3 is 2.54 bits per heavy atom. The maximum atomic E-state index is 13.4. The molecule has 1 atom stereocenters. The smallest absolute Gasteiger partial charge is 0.278 e. The number of nitrogens with zero attached hydrogens (tertiary/aromatic N) is 5. The number of thiazole rings is 1. The van der Waals surface area contributed by atoms with E-state index in [0.29, 0.717) is 28.6 Å². The van der Waals surface area contributed by atoms with E-state index in [4.69, 9.17) is 4.74 Å². The van der Waals surface area contributed by atoms with Crippen LogP contribution in [0.3, 0.4) is 0 Å². The first-order valence-electron chi connectivity index (χ1n) is 12.7. The van der Waals surface area contributed by atoms with Crippen LogP contribution in [0.25, 0.3) is 0 Å². The number of hydrazone groups is 1. The number of piperazine rings is 1. The number of methoxy groups -OCH3 is 1. The van der Waals surface area contributed by atoms with Gasteiger partial charge in [0.25, 0.3) is 5.91 Å². The van der Waals surface area contributed by atoms with Crippen LogP contribution in [0.5, 0.6) is 0 Å². The summed E-state index contributed by atoms with van der Waals surface area (Å²) < 4.78 is 28.2. The molecule has 2 saturated heterocycles. The standard InChI is InChI=1S/C25H36N6O4S2/c1-29-12-14-30(15-13-29)19-21-18-26-25(36-21)27-24(32)23(28-31-10-3-4-11-31)20-6-8-22(9-7-20)37(33,34)17-5-16-35-2/h6-9,18H,3-5,10-17,19H2,1-2H3,(H-,26,27,32,33,34)/p+1. The van der Waals surface area contributed by atoms with Gasteiger partial charge in [0.2, 0.25) is 10.2 Å². The summed E-state index contributed by atoms with van der Waals surface area (Å²) in [5, 5.41) is 10.0. The Balaban J connectivity index is 1.46. The molecular formula is C25H37N6O4S2+. The van der Waals surface area contributed by atoms with E-state index in [2.05, 4.69) is 32.2 Å². The van der Waals surface area contributed by atoms with E-state index in [1.165, 1.54) is 11.3 Å². The number of hydrogen-bond donors (Lipinski definition) is 2. The van der Waals surface area contributed by atoms with Crippen LogP contribution in [0.15, 0.2) is 40.5 Å². The zero-order valence-corrected chi connectivity index (χ0v) is 23.2. The zero-order valence-electron chi connectivity index (χ0n) is 21.6. The van der Waals surface area contributed by atoms with Gasteiger partial charge in [-0.3, -0.25) is 20.0 Å². The molecule has 0 aliphatic carbocycles. The lowest BCUT2D eigenvalue weighted by atomic mass is 10.1. The Bertz CT molecular complexity index is 1110. The number of carbonyl (C=O) groups excluding carboxylic acids is 1. The summed E-state index contributed by atoms with van der Waals surface area (Å²) >= 11 is 1.48. The van der Waals surface area contributed by atoms with Gasteiger partial charge in [-0.05, 0) is 44.2 Å². The van der Waals surface area contributed by atoms with E-state index in [9.17, 15) is 13.6 Å². The molecule has 0 bridgehead atoms. The van der Waals surface area contributed by atoms with E-state index < -0.39 is 10.2 Å². The van der Waals surface area contributed by atoms with Crippen molar-refractivity contribution in [3.05, 3.63) is 40.9 Å². The highest BCUT2D eigenvalue weighted by atomic mass is 32.3. The molecular weight excluding hydrogens is 512 g/mol. The van der Waals surface area contributed by atoms with Crippen LogP contribution < -0.4 is 5.32 Å². The van der Waals surface area contributed by atoms with E-state index in [0.717, 1.165) is 63.5 Å². The highest BCUT2D eigenvalue weighted by Gasteiger charge is 2.29. The van der Waals surface area contributed by atoms with Gasteiger partial charge < -0.3 is 9.64 Å². The van der Waals surface area contributed by atoms with Gasteiger partial charge in [-0.2, -0.15) is 9.65 Å². The Morgan fingerprint density at radius 1 is 1.16 bits per heavy atom. The second-order valence-electron chi connectivity index (χ2n) is 9.49. The molecule has 2 N–H and O–H groups in total. The van der Waals surface area contributed by atoms with Crippen molar-refractivity contribution in [2.75, 3.05) is 71.1 Å². The van der Waals surface area contributed by atoms with E-state index in [1.54, 1.807) is 31.4 Å². The monoisotopic (exact) mass is 549 g/mol. The third-order valence-electron chi connectivity index (χ3n) is 6.55. The van der Waals surface area contributed by atoms with Crippen LogP contribution in [0, 0.1) is 0 Å². The van der Waals surface area contributed by atoms with Gasteiger partial charge in [0.05, 0.1) is 6.61 Å². The summed E-state index contributed by atoms with van der Waals surface area (Å²) in [6.45, 7) is 6.98. The maximum absolute atomic E-state index is 13.4. The van der Waals surface area contributed by atoms with Crippen LogP contribution in [0.1, 0.15) is 29.7 Å². The van der Waals surface area contributed by atoms with Crippen molar-refractivity contribution in [3.63, 3.8) is 0 Å². The van der Waals surface area contributed by atoms with Crippen LogP contribution in [-0.4, -0.2) is 102 Å². The Labute approximate surface area is 223 Å². The molecule has 1 aromatic carbocycles. The van der Waals surface area contributed by atoms with Crippen LogP contribution >= 0.6 is 11.3 Å². The quantitative estimate of drug-likeness (QED) is 0.250. The second kappa shape index (κ2) is 13.0. The zero-order chi connectivity index (χ0) is 26.3. The molecule has 2 aromatic rings. The lowest BCUT2D eigenvalue weighted by molar-refractivity contribution is -0.110. The minimum Gasteiger partial charge on any atom is -0.384 e. The third-order valence-corrected chi connectivity index (χ3v) is 9.30. The average Bonchev–Trinajstić information content (AvgIpc) is 3.56. The first-order valence-corrected chi connectivity index (χ1v) is 15.2. The molecule has 202 valence electrons. The largest absolute Gasteiger partial charge is 0.384 e. The SMILES string of the molecule is COCCC[S+](=O)(O)c1ccc(C(=NN2CCCC2)C(=O)Nc2ncc(CN3CCN(C)CC3)s2)cc1. The molecule has 2 fully saturated rings. The van der Waals surface area contributed by atoms with Crippen molar-refractivity contribution in [1.82, 2.24) is 19.8 Å². The molecule has 4 rings (SSSR count). The van der Waals surface area contributed by atoms with Crippen LogP contribution in [-0.2, 0) is 30.5 Å². The highest BCUT2D eigenvalue weighted by molar-refractivity contribution is 7.97. The average molecular weight is 550 g/mol. The fraction of sp³-hybridized carbons (Fsp3) is 0.560. The van der Waals surface area contributed by atoms with Gasteiger partial charge in [-0.15, -0.1) is 11.3 Å². The highest BCUT2D eigenvalue weighted by Crippen LogP contribution is 2.23. The number of hydrogen-bond acceptors (Lipinski definition) is 9. The van der Waals surface area contributed by atoms with Gasteiger partial charge in [0, 0.05) is 76.0 Å². The fourth-order valence-electron chi connectivity index (χ4n) is 4.34. The second-order valence-corrected chi connectivity index (χ2v) is 12.8. The van der Waals surface area contributed by atoms with Gasteiger partial charge >= 0.3 is 0 Å². The minimum absolute atomic E-state index is 0.121. The molecule has 1 amide bonds. The summed E-state index contributed by atoms with van der Waals surface area (Å²) in [5.74, 6) is -0.222. The van der Waals surface area contributed by atoms with Crippen LogP contribution in [0.2, 0.25) is 0 Å². The number of benzene rings is 1. The van der Waals surface area contributed by atoms with E-state index in [-0.39, 0.29) is 17.4 Å². The van der Waals surface area contributed by atoms with E-state index in [1.807, 2.05) is 11.2 Å². The maximum Gasteiger partial charge on any atom is 0.278 e. The molecule has 0 spiro atoms. The summed E-state index contributed by atoms with van der Waals surface area (Å²) in [5.41, 5.74) is 0.863. The number of amides is 1. The molecule has 2 aliphatic rings. The molecule has 1 aromatic heterocycles. The van der Waals surface area contributed by atoms with Crippen molar-refractivity contribution in [2.24, 2.45) is 5.10 Å². The molecule has 1 unspecified atom stereocenters. The molecule has 12 heteroatoms. The summed E-state index contributed by atoms with van der Waals surface area (Å²) in [6.07, 6.45) is 4.38. The number of ether oxygens (including phenoxy) is 1. The summed E-state index contributed by atoms with van der Waals surface area (Å²) in [7, 11) is 0.532. The van der Waals surface area contributed by atoms with Crippen molar-refractivity contribution in [3.8, 4) is 0 Å². The Kier molecular flexibility index (Phi) is 9.79. The number of aromatic nitrogens is 1. The predicted octanol–water partition coefficient (Wildman–Crippen LogP) is 2.70. The van der Waals surface area contributed by atoms with Crippen molar-refractivity contribution in [1.29, 1.82) is 0 Å². The topological polar surface area (TPSA) is 111 Å². The molecule has 3 heterocycles. The lowest BCUT2D eigenvalue weighted by Gasteiger charge is -2.31.